The van der Waals surface area contributed by atoms with Crippen molar-refractivity contribution in [1.82, 2.24) is 14.8 Å². The molecule has 2 aromatic heterocycles. The molecule has 0 unspecified atom stereocenters. The van der Waals surface area contributed by atoms with Gasteiger partial charge in [-0.05, 0) is 12.5 Å². The van der Waals surface area contributed by atoms with E-state index >= 15 is 0 Å². The molecule has 76 valence electrons. The first-order valence-electron chi connectivity index (χ1n) is 5.08. The fourth-order valence-corrected chi connectivity index (χ4v) is 1.29. The first kappa shape index (κ1) is 10.7. The molecule has 0 atom stereocenters. The Morgan fingerprint density at radius 1 is 1.29 bits per heavy atom. The number of pyridine rings is 1. The van der Waals surface area contributed by atoms with Gasteiger partial charge in [0.15, 0.2) is 0 Å². The minimum atomic E-state index is 0.977. The molecule has 0 amide bonds. The lowest BCUT2D eigenvalue weighted by atomic mass is 10.2. The van der Waals surface area contributed by atoms with Gasteiger partial charge in [-0.15, -0.1) is 0 Å². The second-order valence-corrected chi connectivity index (χ2v) is 2.86. The Balaban J connectivity index is 0.000000461. The van der Waals surface area contributed by atoms with E-state index < -0.39 is 0 Å². The van der Waals surface area contributed by atoms with Crippen LogP contribution in [0.5, 0.6) is 0 Å². The third-order valence-corrected chi connectivity index (χ3v) is 2.05. The van der Waals surface area contributed by atoms with Crippen molar-refractivity contribution in [3.05, 3.63) is 24.2 Å². The highest BCUT2D eigenvalue weighted by molar-refractivity contribution is 5.77. The molecule has 0 aliphatic carbocycles. The van der Waals surface area contributed by atoms with Crippen LogP contribution >= 0.6 is 0 Å². The fraction of sp³-hybridized carbons (Fsp3) is 0.455. The molecule has 0 aliphatic rings. The molecule has 0 bridgehead atoms. The Hall–Kier alpha value is -1.38. The van der Waals surface area contributed by atoms with Crippen molar-refractivity contribution >= 4 is 10.9 Å². The summed E-state index contributed by atoms with van der Waals surface area (Å²) in [6.07, 6.45) is 4.72. The minimum absolute atomic E-state index is 0.977. The van der Waals surface area contributed by atoms with Crippen molar-refractivity contribution in [3.8, 4) is 0 Å². The van der Waals surface area contributed by atoms with Crippen LogP contribution in [0.1, 0.15) is 26.5 Å². The Labute approximate surface area is 84.8 Å². The molecule has 0 saturated heterocycles. The Bertz CT molecular complexity index is 404. The first-order chi connectivity index (χ1) is 6.81. The van der Waals surface area contributed by atoms with Crippen LogP contribution in [-0.2, 0) is 13.5 Å². The third-order valence-electron chi connectivity index (χ3n) is 2.05. The van der Waals surface area contributed by atoms with Gasteiger partial charge >= 0.3 is 0 Å². The summed E-state index contributed by atoms with van der Waals surface area (Å²) in [6.45, 7) is 6.10. The topological polar surface area (TPSA) is 30.7 Å². The average molecular weight is 191 g/mol. The van der Waals surface area contributed by atoms with Crippen LogP contribution in [0, 0.1) is 0 Å². The van der Waals surface area contributed by atoms with Gasteiger partial charge in [0.2, 0.25) is 0 Å². The van der Waals surface area contributed by atoms with E-state index in [9.17, 15) is 0 Å². The molecule has 0 saturated carbocycles. The smallest absolute Gasteiger partial charge is 0.0862 e. The SMILES string of the molecule is CC.CCc1cc2cnn(C)c2cn1. The van der Waals surface area contributed by atoms with E-state index in [0.29, 0.717) is 0 Å². The van der Waals surface area contributed by atoms with E-state index in [1.165, 1.54) is 5.39 Å². The molecule has 0 aromatic carbocycles. The number of aryl methyl sites for hydroxylation is 2. The maximum absolute atomic E-state index is 4.30. The summed E-state index contributed by atoms with van der Waals surface area (Å²) in [5.41, 5.74) is 2.21. The fourth-order valence-electron chi connectivity index (χ4n) is 1.29. The molecular formula is C11H17N3. The van der Waals surface area contributed by atoms with Crippen LogP contribution in [0.15, 0.2) is 18.5 Å². The molecule has 0 fully saturated rings. The van der Waals surface area contributed by atoms with Crippen molar-refractivity contribution in [2.75, 3.05) is 0 Å². The third kappa shape index (κ3) is 1.92. The standard InChI is InChI=1S/C9H11N3.C2H6/c1-3-8-4-7-5-11-12(2)9(7)6-10-8;1-2/h4-6H,3H2,1-2H3;1-2H3. The number of nitrogens with zero attached hydrogens (tertiary/aromatic N) is 3. The van der Waals surface area contributed by atoms with E-state index in [4.69, 9.17) is 0 Å². The van der Waals surface area contributed by atoms with Gasteiger partial charge in [0.05, 0.1) is 17.9 Å². The van der Waals surface area contributed by atoms with Crippen molar-refractivity contribution in [3.63, 3.8) is 0 Å². The zero-order valence-corrected chi connectivity index (χ0v) is 9.28. The van der Waals surface area contributed by atoms with Gasteiger partial charge in [0.1, 0.15) is 0 Å². The van der Waals surface area contributed by atoms with Crippen LogP contribution in [0.25, 0.3) is 10.9 Å². The van der Waals surface area contributed by atoms with Crippen molar-refractivity contribution in [2.24, 2.45) is 7.05 Å². The molecular weight excluding hydrogens is 174 g/mol. The average Bonchev–Trinajstić information content (AvgIpc) is 2.63. The largest absolute Gasteiger partial charge is 0.266 e. The van der Waals surface area contributed by atoms with Gasteiger partial charge in [-0.1, -0.05) is 20.8 Å². The molecule has 2 heterocycles. The Kier molecular flexibility index (Phi) is 3.63. The Morgan fingerprint density at radius 2 is 2.00 bits per heavy atom. The molecule has 2 aromatic rings. The van der Waals surface area contributed by atoms with Gasteiger partial charge in [-0.2, -0.15) is 5.10 Å². The summed E-state index contributed by atoms with van der Waals surface area (Å²) in [5, 5.41) is 5.32. The molecule has 0 spiro atoms. The van der Waals surface area contributed by atoms with Gasteiger partial charge in [0, 0.05) is 18.1 Å². The van der Waals surface area contributed by atoms with E-state index in [1.54, 1.807) is 0 Å². The summed E-state index contributed by atoms with van der Waals surface area (Å²) in [4.78, 5) is 4.30. The van der Waals surface area contributed by atoms with E-state index in [1.807, 2.05) is 38.0 Å². The van der Waals surface area contributed by atoms with Gasteiger partial charge < -0.3 is 0 Å². The molecule has 0 radical (unpaired) electrons. The van der Waals surface area contributed by atoms with Crippen LogP contribution in [0.4, 0.5) is 0 Å². The normalized spacial score (nSPS) is 9.71. The second-order valence-electron chi connectivity index (χ2n) is 2.86. The molecule has 2 rings (SSSR count). The molecule has 0 N–H and O–H groups in total. The zero-order valence-electron chi connectivity index (χ0n) is 9.28. The minimum Gasteiger partial charge on any atom is -0.266 e. The van der Waals surface area contributed by atoms with E-state index in [0.717, 1.165) is 17.6 Å². The number of hydrogen-bond donors (Lipinski definition) is 0. The monoisotopic (exact) mass is 191 g/mol. The second kappa shape index (κ2) is 4.74. The number of aromatic nitrogens is 3. The molecule has 3 heteroatoms. The van der Waals surface area contributed by atoms with Crippen LogP contribution in [0.3, 0.4) is 0 Å². The summed E-state index contributed by atoms with van der Waals surface area (Å²) in [5.74, 6) is 0. The number of fused-ring (bicyclic) bond motifs is 1. The predicted molar refractivity (Wildman–Crippen MR) is 59.2 cm³/mol. The molecule has 3 nitrogen and oxygen atoms in total. The maximum Gasteiger partial charge on any atom is 0.0862 e. The summed E-state index contributed by atoms with van der Waals surface area (Å²) in [6, 6.07) is 2.09. The molecule has 14 heavy (non-hydrogen) atoms. The van der Waals surface area contributed by atoms with Crippen LogP contribution < -0.4 is 0 Å². The number of rotatable bonds is 1. The Morgan fingerprint density at radius 3 is 2.64 bits per heavy atom. The van der Waals surface area contributed by atoms with Gasteiger partial charge in [-0.3, -0.25) is 9.67 Å². The highest BCUT2D eigenvalue weighted by Gasteiger charge is 1.99. The highest BCUT2D eigenvalue weighted by atomic mass is 15.2. The van der Waals surface area contributed by atoms with Crippen LogP contribution in [-0.4, -0.2) is 14.8 Å². The summed E-state index contributed by atoms with van der Waals surface area (Å²) >= 11 is 0. The first-order valence-corrected chi connectivity index (χ1v) is 5.08. The number of hydrogen-bond acceptors (Lipinski definition) is 2. The maximum atomic E-state index is 4.30. The zero-order chi connectivity index (χ0) is 10.6. The van der Waals surface area contributed by atoms with E-state index in [-0.39, 0.29) is 0 Å². The van der Waals surface area contributed by atoms with Gasteiger partial charge in [0.25, 0.3) is 0 Å². The lowest BCUT2D eigenvalue weighted by Crippen LogP contribution is -1.90. The van der Waals surface area contributed by atoms with Crippen molar-refractivity contribution < 1.29 is 0 Å². The van der Waals surface area contributed by atoms with Crippen LogP contribution in [0.2, 0.25) is 0 Å². The lowest BCUT2D eigenvalue weighted by Gasteiger charge is -1.95. The van der Waals surface area contributed by atoms with E-state index in [2.05, 4.69) is 23.1 Å². The summed E-state index contributed by atoms with van der Waals surface area (Å²) in [7, 11) is 1.93. The molecule has 0 aliphatic heterocycles. The summed E-state index contributed by atoms with van der Waals surface area (Å²) < 4.78 is 1.84. The predicted octanol–water partition coefficient (Wildman–Crippen LogP) is 2.56. The highest BCUT2D eigenvalue weighted by Crippen LogP contribution is 2.12. The quantitative estimate of drug-likeness (QED) is 0.693. The van der Waals surface area contributed by atoms with Crippen molar-refractivity contribution in [1.29, 1.82) is 0 Å². The lowest BCUT2D eigenvalue weighted by molar-refractivity contribution is 0.795. The van der Waals surface area contributed by atoms with Crippen molar-refractivity contribution in [2.45, 2.75) is 27.2 Å². The van der Waals surface area contributed by atoms with Gasteiger partial charge in [-0.25, -0.2) is 0 Å².